The average Bonchev–Trinajstić information content (AvgIpc) is 3.03. The Morgan fingerprint density at radius 1 is 1.36 bits per heavy atom. The molecule has 1 amide bonds. The second-order valence-corrected chi connectivity index (χ2v) is 7.75. The van der Waals surface area contributed by atoms with E-state index in [0.29, 0.717) is 17.3 Å². The maximum absolute atomic E-state index is 12.5. The number of hydrogen-bond donors (Lipinski definition) is 3. The van der Waals surface area contributed by atoms with Gasteiger partial charge in [0.15, 0.2) is 16.8 Å². The van der Waals surface area contributed by atoms with E-state index in [1.165, 1.54) is 29.7 Å². The summed E-state index contributed by atoms with van der Waals surface area (Å²) in [5.74, 6) is 1.42. The van der Waals surface area contributed by atoms with Crippen LogP contribution in [0.2, 0.25) is 0 Å². The van der Waals surface area contributed by atoms with Crippen molar-refractivity contribution in [2.45, 2.75) is 52.0 Å². The number of carbonyl (C=O) groups excluding carboxylic acids is 1. The number of amides is 1. The van der Waals surface area contributed by atoms with Crippen molar-refractivity contribution in [1.29, 1.82) is 0 Å². The summed E-state index contributed by atoms with van der Waals surface area (Å²) in [7, 11) is 0. The first-order chi connectivity index (χ1) is 12.2. The van der Waals surface area contributed by atoms with Crippen molar-refractivity contribution in [3.8, 4) is 0 Å². The number of fused-ring (bicyclic) bond motifs is 2. The molecule has 0 radical (unpaired) electrons. The smallest absolute Gasteiger partial charge is 0.247 e. The molecule has 25 heavy (non-hydrogen) atoms. The number of aryl methyl sites for hydroxylation is 2. The Bertz CT molecular complexity index is 781. The molecule has 2 atom stereocenters. The van der Waals surface area contributed by atoms with Gasteiger partial charge in [0.1, 0.15) is 18.1 Å². The molecule has 2 unspecified atom stereocenters. The highest BCUT2D eigenvalue weighted by molar-refractivity contribution is 7.15. The predicted molar refractivity (Wildman–Crippen MR) is 99.6 cm³/mol. The predicted octanol–water partition coefficient (Wildman–Crippen LogP) is 3.33. The molecule has 0 aromatic carbocycles. The molecule has 2 aromatic rings. The highest BCUT2D eigenvalue weighted by Crippen LogP contribution is 2.36. The molecule has 0 saturated carbocycles. The van der Waals surface area contributed by atoms with Gasteiger partial charge in [-0.1, -0.05) is 20.3 Å². The van der Waals surface area contributed by atoms with Crippen molar-refractivity contribution in [2.24, 2.45) is 5.92 Å². The van der Waals surface area contributed by atoms with Crippen molar-refractivity contribution >= 4 is 39.7 Å². The van der Waals surface area contributed by atoms with Gasteiger partial charge in [-0.3, -0.25) is 4.79 Å². The van der Waals surface area contributed by atoms with Gasteiger partial charge in [-0.25, -0.2) is 15.0 Å². The lowest BCUT2D eigenvalue weighted by Gasteiger charge is -2.30. The molecular formula is C17H22N6OS. The topological polar surface area (TPSA) is 91.8 Å². The maximum Gasteiger partial charge on any atom is 0.247 e. The van der Waals surface area contributed by atoms with Crippen LogP contribution < -0.4 is 16.0 Å². The normalized spacial score (nSPS) is 20.1. The van der Waals surface area contributed by atoms with Crippen LogP contribution in [0.25, 0.3) is 0 Å². The van der Waals surface area contributed by atoms with E-state index in [9.17, 15) is 4.79 Å². The third-order valence-corrected chi connectivity index (χ3v) is 6.03. The zero-order chi connectivity index (χ0) is 17.4. The van der Waals surface area contributed by atoms with E-state index in [4.69, 9.17) is 0 Å². The fourth-order valence-corrected chi connectivity index (χ4v) is 4.31. The molecule has 0 bridgehead atoms. The highest BCUT2D eigenvalue weighted by atomic mass is 32.1. The Morgan fingerprint density at radius 3 is 3.00 bits per heavy atom. The van der Waals surface area contributed by atoms with E-state index < -0.39 is 0 Å². The van der Waals surface area contributed by atoms with Gasteiger partial charge >= 0.3 is 0 Å². The second-order valence-electron chi connectivity index (χ2n) is 6.66. The van der Waals surface area contributed by atoms with Crippen molar-refractivity contribution in [3.63, 3.8) is 0 Å². The maximum atomic E-state index is 12.5. The standard InChI is InChI=1S/C17H22N6OS/c1-3-9(2)12-16(24)22-13-14(21-12)18-8-19-15(13)23-17-20-10-6-4-5-7-11(10)25-17/h8-9,12H,3-7H2,1-2H3,(H,22,24)(H2,18,19,20,21,23). The van der Waals surface area contributed by atoms with Gasteiger partial charge < -0.3 is 16.0 Å². The van der Waals surface area contributed by atoms with Crippen LogP contribution in [0, 0.1) is 5.92 Å². The molecule has 8 heteroatoms. The van der Waals surface area contributed by atoms with Crippen LogP contribution in [0.3, 0.4) is 0 Å². The van der Waals surface area contributed by atoms with Crippen LogP contribution in [-0.2, 0) is 17.6 Å². The Balaban J connectivity index is 1.60. The molecule has 132 valence electrons. The third kappa shape index (κ3) is 3.06. The molecule has 3 heterocycles. The lowest BCUT2D eigenvalue weighted by Crippen LogP contribution is -2.43. The molecule has 4 rings (SSSR count). The molecule has 0 spiro atoms. The summed E-state index contributed by atoms with van der Waals surface area (Å²) >= 11 is 1.67. The number of carbonyl (C=O) groups is 1. The van der Waals surface area contributed by atoms with E-state index in [2.05, 4.69) is 44.7 Å². The molecule has 2 aliphatic rings. The Labute approximate surface area is 150 Å². The largest absolute Gasteiger partial charge is 0.356 e. The minimum absolute atomic E-state index is 0.0434. The van der Waals surface area contributed by atoms with Gasteiger partial charge in [-0.05, 0) is 31.6 Å². The van der Waals surface area contributed by atoms with Crippen LogP contribution >= 0.6 is 11.3 Å². The van der Waals surface area contributed by atoms with E-state index in [1.54, 1.807) is 11.3 Å². The summed E-state index contributed by atoms with van der Waals surface area (Å²) in [6, 6.07) is -0.271. The van der Waals surface area contributed by atoms with Crippen LogP contribution in [0.15, 0.2) is 6.33 Å². The third-order valence-electron chi connectivity index (χ3n) is 4.95. The Morgan fingerprint density at radius 2 is 2.20 bits per heavy atom. The van der Waals surface area contributed by atoms with Crippen molar-refractivity contribution in [3.05, 3.63) is 16.9 Å². The number of nitrogens with zero attached hydrogens (tertiary/aromatic N) is 3. The molecule has 2 aromatic heterocycles. The van der Waals surface area contributed by atoms with E-state index in [1.807, 2.05) is 0 Å². The molecule has 7 nitrogen and oxygen atoms in total. The number of aromatic nitrogens is 3. The van der Waals surface area contributed by atoms with Crippen LogP contribution in [-0.4, -0.2) is 26.9 Å². The van der Waals surface area contributed by atoms with Gasteiger partial charge in [0.05, 0.1) is 5.69 Å². The molecule has 3 N–H and O–H groups in total. The first kappa shape index (κ1) is 16.3. The second kappa shape index (κ2) is 6.59. The fraction of sp³-hybridized carbons (Fsp3) is 0.529. The first-order valence-electron chi connectivity index (χ1n) is 8.83. The highest BCUT2D eigenvalue weighted by Gasteiger charge is 2.32. The van der Waals surface area contributed by atoms with E-state index >= 15 is 0 Å². The number of rotatable bonds is 4. The monoisotopic (exact) mass is 358 g/mol. The minimum atomic E-state index is -0.271. The molecule has 1 aliphatic carbocycles. The molecule has 1 aliphatic heterocycles. The van der Waals surface area contributed by atoms with E-state index in [-0.39, 0.29) is 17.9 Å². The minimum Gasteiger partial charge on any atom is -0.356 e. The quantitative estimate of drug-likeness (QED) is 0.776. The van der Waals surface area contributed by atoms with Gasteiger partial charge in [0.2, 0.25) is 5.91 Å². The summed E-state index contributed by atoms with van der Waals surface area (Å²) in [6.07, 6.45) is 7.01. The summed E-state index contributed by atoms with van der Waals surface area (Å²) in [4.78, 5) is 27.1. The number of anilines is 4. The summed E-state index contributed by atoms with van der Waals surface area (Å²) in [5.41, 5.74) is 1.79. The zero-order valence-electron chi connectivity index (χ0n) is 14.4. The van der Waals surface area contributed by atoms with Crippen molar-refractivity contribution in [2.75, 3.05) is 16.0 Å². The fourth-order valence-electron chi connectivity index (χ4n) is 3.27. The lowest BCUT2D eigenvalue weighted by molar-refractivity contribution is -0.118. The summed E-state index contributed by atoms with van der Waals surface area (Å²) in [6.45, 7) is 4.13. The van der Waals surface area contributed by atoms with E-state index in [0.717, 1.165) is 24.4 Å². The van der Waals surface area contributed by atoms with Gasteiger partial charge in [0, 0.05) is 4.88 Å². The Kier molecular flexibility index (Phi) is 4.29. The van der Waals surface area contributed by atoms with Crippen molar-refractivity contribution < 1.29 is 4.79 Å². The average molecular weight is 358 g/mol. The van der Waals surface area contributed by atoms with Gasteiger partial charge in [0.25, 0.3) is 0 Å². The van der Waals surface area contributed by atoms with Crippen molar-refractivity contribution in [1.82, 2.24) is 15.0 Å². The SMILES string of the molecule is CCC(C)C1Nc2ncnc(Nc3nc4c(s3)CCCC4)c2NC1=O. The summed E-state index contributed by atoms with van der Waals surface area (Å²) < 4.78 is 0. The summed E-state index contributed by atoms with van der Waals surface area (Å²) in [5, 5.41) is 10.3. The number of hydrogen-bond acceptors (Lipinski definition) is 7. The molecule has 0 saturated heterocycles. The number of thiazole rings is 1. The molecular weight excluding hydrogens is 336 g/mol. The molecule has 0 fully saturated rings. The zero-order valence-corrected chi connectivity index (χ0v) is 15.2. The van der Waals surface area contributed by atoms with Gasteiger partial charge in [-0.2, -0.15) is 0 Å². The number of nitrogens with one attached hydrogen (secondary N) is 3. The first-order valence-corrected chi connectivity index (χ1v) is 9.65. The van der Waals surface area contributed by atoms with Gasteiger partial charge in [-0.15, -0.1) is 11.3 Å². The lowest BCUT2D eigenvalue weighted by atomic mass is 9.97. The van der Waals surface area contributed by atoms with Crippen LogP contribution in [0.1, 0.15) is 43.7 Å². The Hall–Kier alpha value is -2.22. The van der Waals surface area contributed by atoms with Crippen LogP contribution in [0.4, 0.5) is 22.5 Å². The van der Waals surface area contributed by atoms with Crippen LogP contribution in [0.5, 0.6) is 0 Å².